The van der Waals surface area contributed by atoms with Gasteiger partial charge in [-0.1, -0.05) is 42.8 Å². The van der Waals surface area contributed by atoms with Crippen LogP contribution < -0.4 is 10.7 Å². The smallest absolute Gasteiger partial charge is 0.261 e. The molecule has 3 rings (SSSR count). The Hall–Kier alpha value is -2.85. The lowest BCUT2D eigenvalue weighted by Crippen LogP contribution is -2.28. The number of nitrogens with zero attached hydrogens (tertiary/aromatic N) is 1. The van der Waals surface area contributed by atoms with Crippen molar-refractivity contribution in [3.63, 3.8) is 0 Å². The summed E-state index contributed by atoms with van der Waals surface area (Å²) in [7, 11) is 0. The van der Waals surface area contributed by atoms with Crippen LogP contribution in [0.2, 0.25) is 5.02 Å². The van der Waals surface area contributed by atoms with Crippen LogP contribution in [0.25, 0.3) is 0 Å². The third-order valence-corrected chi connectivity index (χ3v) is 5.55. The van der Waals surface area contributed by atoms with Gasteiger partial charge in [0.1, 0.15) is 5.56 Å². The van der Waals surface area contributed by atoms with Gasteiger partial charge in [0.05, 0.1) is 0 Å². The number of pyridine rings is 1. The van der Waals surface area contributed by atoms with Crippen LogP contribution in [-0.2, 0) is 13.0 Å². The largest absolute Gasteiger partial charge is 0.343 e. The number of hydrogen-bond acceptors (Lipinski definition) is 2. The van der Waals surface area contributed by atoms with Crippen molar-refractivity contribution in [1.82, 2.24) is 4.57 Å². The van der Waals surface area contributed by atoms with E-state index in [4.69, 9.17) is 11.6 Å². The number of halogens is 1. The summed E-state index contributed by atoms with van der Waals surface area (Å²) >= 11 is 5.99. The van der Waals surface area contributed by atoms with Crippen molar-refractivity contribution in [3.8, 4) is 0 Å². The van der Waals surface area contributed by atoms with Crippen LogP contribution in [0, 0.1) is 20.8 Å². The van der Waals surface area contributed by atoms with E-state index in [-0.39, 0.29) is 16.9 Å². The van der Waals surface area contributed by atoms with Gasteiger partial charge in [0.2, 0.25) is 0 Å². The van der Waals surface area contributed by atoms with Crippen LogP contribution >= 0.6 is 11.6 Å². The molecule has 0 fully saturated rings. The average molecular weight is 409 g/mol. The summed E-state index contributed by atoms with van der Waals surface area (Å²) in [6, 6.07) is 14.9. The van der Waals surface area contributed by atoms with E-state index in [1.807, 2.05) is 74.7 Å². The van der Waals surface area contributed by atoms with Crippen LogP contribution in [0.4, 0.5) is 5.69 Å². The van der Waals surface area contributed by atoms with E-state index in [1.165, 1.54) is 6.07 Å². The number of aryl methyl sites for hydroxylation is 2. The Bertz CT molecular complexity index is 1110. The highest BCUT2D eigenvalue weighted by Gasteiger charge is 2.20. The predicted octanol–water partition coefficient (Wildman–Crippen LogP) is 5.29. The number of hydrogen-bond donors (Lipinski definition) is 1. The van der Waals surface area contributed by atoms with Gasteiger partial charge in [-0.2, -0.15) is 0 Å². The molecular formula is C24H25ClN2O2. The maximum atomic E-state index is 13.1. The molecule has 0 spiro atoms. The Morgan fingerprint density at radius 1 is 1.07 bits per heavy atom. The molecule has 0 bridgehead atoms. The quantitative estimate of drug-likeness (QED) is 0.623. The second-order valence-corrected chi connectivity index (χ2v) is 7.68. The van der Waals surface area contributed by atoms with E-state index in [0.29, 0.717) is 18.0 Å². The van der Waals surface area contributed by atoms with E-state index in [2.05, 4.69) is 5.32 Å². The fraction of sp³-hybridized carbons (Fsp3) is 0.250. The summed E-state index contributed by atoms with van der Waals surface area (Å²) in [5.74, 6) is -0.370. The molecule has 1 N–H and O–H groups in total. The van der Waals surface area contributed by atoms with Crippen LogP contribution in [-0.4, -0.2) is 10.5 Å². The monoisotopic (exact) mass is 408 g/mol. The van der Waals surface area contributed by atoms with E-state index < -0.39 is 0 Å². The van der Waals surface area contributed by atoms with Gasteiger partial charge in [0.25, 0.3) is 5.91 Å². The molecule has 0 aliphatic carbocycles. The first-order valence-electron chi connectivity index (χ1n) is 9.67. The molecule has 1 heterocycles. The number of carbonyl (C=O) groups is 1. The van der Waals surface area contributed by atoms with Gasteiger partial charge in [-0.15, -0.1) is 0 Å². The van der Waals surface area contributed by atoms with Crippen LogP contribution in [0.3, 0.4) is 0 Å². The molecule has 0 unspecified atom stereocenters. The molecule has 150 valence electrons. The Kier molecular flexibility index (Phi) is 6.23. The van der Waals surface area contributed by atoms with Crippen molar-refractivity contribution in [2.24, 2.45) is 0 Å². The molecule has 0 atom stereocenters. The summed E-state index contributed by atoms with van der Waals surface area (Å²) in [4.78, 5) is 25.9. The number of aromatic nitrogens is 1. The van der Waals surface area contributed by atoms with Crippen molar-refractivity contribution in [1.29, 1.82) is 0 Å². The van der Waals surface area contributed by atoms with Gasteiger partial charge >= 0.3 is 0 Å². The third kappa shape index (κ3) is 4.43. The molecule has 0 saturated heterocycles. The van der Waals surface area contributed by atoms with Crippen molar-refractivity contribution in [2.45, 2.75) is 40.7 Å². The van der Waals surface area contributed by atoms with E-state index in [0.717, 1.165) is 33.8 Å². The first-order valence-corrected chi connectivity index (χ1v) is 10.0. The van der Waals surface area contributed by atoms with Crippen LogP contribution in [0.1, 0.15) is 45.4 Å². The molecular weight excluding hydrogens is 384 g/mol. The zero-order valence-corrected chi connectivity index (χ0v) is 17.9. The summed E-state index contributed by atoms with van der Waals surface area (Å²) in [5, 5.41) is 3.61. The molecule has 0 radical (unpaired) electrons. The first kappa shape index (κ1) is 20.9. The summed E-state index contributed by atoms with van der Waals surface area (Å²) in [6.45, 7) is 8.37. The third-order valence-electron chi connectivity index (χ3n) is 5.30. The van der Waals surface area contributed by atoms with Gasteiger partial charge in [-0.25, -0.2) is 0 Å². The number of amides is 1. The molecule has 5 heteroatoms. The summed E-state index contributed by atoms with van der Waals surface area (Å²) in [6.07, 6.45) is 0.570. The average Bonchev–Trinajstić information content (AvgIpc) is 2.68. The highest BCUT2D eigenvalue weighted by molar-refractivity contribution is 6.30. The molecule has 4 nitrogen and oxygen atoms in total. The fourth-order valence-electron chi connectivity index (χ4n) is 3.50. The van der Waals surface area contributed by atoms with Crippen molar-refractivity contribution in [2.75, 3.05) is 5.32 Å². The minimum absolute atomic E-state index is 0.202. The summed E-state index contributed by atoms with van der Waals surface area (Å²) < 4.78 is 2.03. The molecule has 0 aliphatic heterocycles. The predicted molar refractivity (Wildman–Crippen MR) is 119 cm³/mol. The van der Waals surface area contributed by atoms with Crippen LogP contribution in [0.15, 0.2) is 53.3 Å². The molecule has 3 aromatic rings. The van der Waals surface area contributed by atoms with E-state index in [9.17, 15) is 9.59 Å². The lowest BCUT2D eigenvalue weighted by molar-refractivity contribution is 0.102. The zero-order chi connectivity index (χ0) is 21.1. The molecule has 2 aromatic carbocycles. The van der Waals surface area contributed by atoms with Crippen molar-refractivity contribution >= 4 is 23.2 Å². The molecule has 29 heavy (non-hydrogen) atoms. The fourth-order valence-corrected chi connectivity index (χ4v) is 3.63. The highest BCUT2D eigenvalue weighted by Crippen LogP contribution is 2.20. The number of carbonyl (C=O) groups excluding carboxylic acids is 1. The lowest BCUT2D eigenvalue weighted by Gasteiger charge is -2.20. The van der Waals surface area contributed by atoms with E-state index >= 15 is 0 Å². The minimum atomic E-state index is -0.370. The van der Waals surface area contributed by atoms with Gasteiger partial charge in [0, 0.05) is 34.7 Å². The van der Waals surface area contributed by atoms with Gasteiger partial charge in [0.15, 0.2) is 5.43 Å². The van der Waals surface area contributed by atoms with E-state index in [1.54, 1.807) is 0 Å². The normalized spacial score (nSPS) is 10.8. The van der Waals surface area contributed by atoms with Crippen LogP contribution in [0.5, 0.6) is 0 Å². The number of anilines is 1. The zero-order valence-electron chi connectivity index (χ0n) is 17.2. The Morgan fingerprint density at radius 2 is 1.76 bits per heavy atom. The SMILES string of the molecule is CCc1c(C(=O)Nc2cccc(C)c2C)c(=O)cc(C)n1Cc1ccc(Cl)cc1. The molecule has 0 aliphatic rings. The lowest BCUT2D eigenvalue weighted by atomic mass is 10.1. The van der Waals surface area contributed by atoms with Gasteiger partial charge < -0.3 is 9.88 Å². The molecule has 1 amide bonds. The van der Waals surface area contributed by atoms with Gasteiger partial charge in [-0.3, -0.25) is 9.59 Å². The number of nitrogens with one attached hydrogen (secondary N) is 1. The van der Waals surface area contributed by atoms with Crippen molar-refractivity contribution < 1.29 is 4.79 Å². The molecule has 0 saturated carbocycles. The number of rotatable bonds is 5. The Morgan fingerprint density at radius 3 is 2.41 bits per heavy atom. The topological polar surface area (TPSA) is 51.1 Å². The standard InChI is InChI=1S/C24H25ClN2O2/c1-5-21-23(24(29)26-20-8-6-7-15(2)17(20)4)22(28)13-16(3)27(21)14-18-9-11-19(25)12-10-18/h6-13H,5,14H2,1-4H3,(H,26,29). The molecule has 1 aromatic heterocycles. The first-order chi connectivity index (χ1) is 13.8. The Labute approximate surface area is 176 Å². The highest BCUT2D eigenvalue weighted by atomic mass is 35.5. The second kappa shape index (κ2) is 8.66. The maximum Gasteiger partial charge on any atom is 0.261 e. The summed E-state index contributed by atoms with van der Waals surface area (Å²) in [5.41, 5.74) is 5.36. The maximum absolute atomic E-state index is 13.1. The van der Waals surface area contributed by atoms with Crippen molar-refractivity contribution in [3.05, 3.63) is 97.4 Å². The number of benzene rings is 2. The Balaban J connectivity index is 2.04. The minimum Gasteiger partial charge on any atom is -0.343 e. The van der Waals surface area contributed by atoms with Gasteiger partial charge in [-0.05, 0) is 62.1 Å². The second-order valence-electron chi connectivity index (χ2n) is 7.24.